The third-order valence-corrected chi connectivity index (χ3v) is 14.6. The monoisotopic (exact) mass is 1120 g/mol. The van der Waals surface area contributed by atoms with Crippen molar-refractivity contribution >= 4 is 72.8 Å². The number of aryl methyl sites for hydroxylation is 5. The van der Waals surface area contributed by atoms with Crippen molar-refractivity contribution in [3.05, 3.63) is 218 Å². The maximum absolute atomic E-state index is 14.2. The zero-order chi connectivity index (χ0) is 57.4. The number of hydrogen-bond acceptors (Lipinski definition) is 10. The number of carbonyl (C=O) groups excluding carboxylic acids is 2. The van der Waals surface area contributed by atoms with Crippen molar-refractivity contribution in [2.45, 2.75) is 66.9 Å². The standard InChI is InChI=1S/C32H34N3O6P.C28H26N3O6P/c1-19-10-9-13-28(41-42(37,38)39)31(19)32(4,5)18-30(36)35-26-12-8-7-11-22(26)15-27(35)24-17-29(40-6)25(34-24)16-23-20(2)14-21(3)33-23;1-17-12-18(2)29-22(17)14-24-27(36-3)15-23(30-24)26-13-19-8-5-7-11-25(19)31(26)28(32)21-10-6-4-9-20(21)16-37-38(33,34)35/h7-17,33H,18H2,1-6H3,(H2,37,38,39);4-15,29H,16H2,1-3H3,(H2,33,34,35)/b25-16+;24-14+. The molecule has 18 nitrogen and oxygen atoms in total. The molecule has 0 radical (unpaired) electrons. The van der Waals surface area contributed by atoms with Crippen LogP contribution in [0.3, 0.4) is 0 Å². The zero-order valence-corrected chi connectivity index (χ0v) is 47.2. The molecule has 4 aromatic heterocycles. The second-order valence-corrected chi connectivity index (χ2v) is 22.5. The van der Waals surface area contributed by atoms with Gasteiger partial charge in [0, 0.05) is 68.7 Å². The lowest BCUT2D eigenvalue weighted by molar-refractivity contribution is 0.0880. The topological polar surface area (TPSA) is 252 Å². The molecule has 0 fully saturated rings. The molecule has 0 aliphatic carbocycles. The highest BCUT2D eigenvalue weighted by Gasteiger charge is 2.34. The highest BCUT2D eigenvalue weighted by molar-refractivity contribution is 7.46. The highest BCUT2D eigenvalue weighted by atomic mass is 31.2. The van der Waals surface area contributed by atoms with Crippen molar-refractivity contribution in [3.63, 3.8) is 0 Å². The average Bonchev–Trinajstić information content (AvgIpc) is 4.37. The number of rotatable bonds is 15. The fraction of sp³-hybridized carbons (Fsp3) is 0.200. The lowest BCUT2D eigenvalue weighted by Gasteiger charge is -2.29. The van der Waals surface area contributed by atoms with Crippen LogP contribution in [0.4, 0.5) is 0 Å². The van der Waals surface area contributed by atoms with Gasteiger partial charge in [-0.2, -0.15) is 0 Å². The molecule has 20 heteroatoms. The summed E-state index contributed by atoms with van der Waals surface area (Å²) in [4.78, 5) is 81.9. The molecule has 8 aromatic rings. The van der Waals surface area contributed by atoms with Crippen LogP contribution in [-0.2, 0) is 35.1 Å². The van der Waals surface area contributed by atoms with Crippen molar-refractivity contribution < 1.29 is 56.8 Å². The summed E-state index contributed by atoms with van der Waals surface area (Å²) in [6.07, 6.45) is 7.49. The first-order valence-corrected chi connectivity index (χ1v) is 28.4. The van der Waals surface area contributed by atoms with Crippen LogP contribution in [0.15, 0.2) is 160 Å². The first kappa shape index (κ1) is 56.5. The molecule has 0 bridgehead atoms. The Labute approximate surface area is 461 Å². The van der Waals surface area contributed by atoms with Crippen LogP contribution in [-0.4, -0.2) is 76.1 Å². The number of H-pyrrole nitrogens is 2. The van der Waals surface area contributed by atoms with Crippen LogP contribution in [0.2, 0.25) is 0 Å². The maximum Gasteiger partial charge on any atom is 0.524 e. The van der Waals surface area contributed by atoms with Crippen molar-refractivity contribution in [1.82, 2.24) is 19.1 Å². The summed E-state index contributed by atoms with van der Waals surface area (Å²) in [5.41, 5.74) is 12.1. The van der Waals surface area contributed by atoms with E-state index in [4.69, 9.17) is 28.5 Å². The molecule has 0 saturated heterocycles. The number of para-hydroxylation sites is 2. The summed E-state index contributed by atoms with van der Waals surface area (Å²) >= 11 is 0. The Balaban J connectivity index is 0.000000195. The second-order valence-electron chi connectivity index (χ2n) is 20.1. The summed E-state index contributed by atoms with van der Waals surface area (Å²) in [6, 6.07) is 34.6. The van der Waals surface area contributed by atoms with Gasteiger partial charge in [-0.1, -0.05) is 80.6 Å². The highest BCUT2D eigenvalue weighted by Crippen LogP contribution is 2.45. The minimum atomic E-state index is -4.82. The van der Waals surface area contributed by atoms with Gasteiger partial charge < -0.3 is 33.8 Å². The molecule has 2 aliphatic heterocycles. The number of fused-ring (bicyclic) bond motifs is 2. The molecule has 2 aliphatic rings. The third-order valence-electron chi connectivity index (χ3n) is 13.7. The van der Waals surface area contributed by atoms with Gasteiger partial charge in [0.15, 0.2) is 0 Å². The first-order chi connectivity index (χ1) is 37.9. The lowest BCUT2D eigenvalue weighted by atomic mass is 9.78. The SMILES string of the molecule is COC1=CC(c2cc3ccccc3n2C(=O)CC(C)(C)c2c(C)cccc2OP(=O)(O)O)=N/C1=C/c1[nH]c(C)cc1C.COC1=CC(c2cc3ccccc3n2C(=O)c2ccccc2COP(=O)(O)O)=N/C1=C/c1[nH]c(C)cc1C. The third kappa shape index (κ3) is 12.2. The van der Waals surface area contributed by atoms with Crippen LogP contribution in [0.5, 0.6) is 5.75 Å². The van der Waals surface area contributed by atoms with Crippen LogP contribution in [0, 0.1) is 34.6 Å². The van der Waals surface area contributed by atoms with Crippen molar-refractivity contribution in [2.24, 2.45) is 9.98 Å². The number of phosphoric ester groups is 2. The maximum atomic E-state index is 14.2. The van der Waals surface area contributed by atoms with Gasteiger partial charge in [0.2, 0.25) is 5.91 Å². The van der Waals surface area contributed by atoms with Gasteiger partial charge in [-0.15, -0.1) is 0 Å². The van der Waals surface area contributed by atoms with Gasteiger partial charge >= 0.3 is 15.6 Å². The minimum absolute atomic E-state index is 0.0266. The number of ether oxygens (including phenoxy) is 2. The molecular weight excluding hydrogens is 1060 g/mol. The number of aromatic amines is 2. The van der Waals surface area contributed by atoms with E-state index < -0.39 is 27.7 Å². The Morgan fingerprint density at radius 3 is 1.62 bits per heavy atom. The number of aliphatic imine (C=N–C) groups is 2. The Morgan fingerprint density at radius 1 is 0.625 bits per heavy atom. The first-order valence-electron chi connectivity index (χ1n) is 25.3. The second kappa shape index (κ2) is 22.5. The van der Waals surface area contributed by atoms with E-state index in [1.807, 2.05) is 139 Å². The van der Waals surface area contributed by atoms with Crippen molar-refractivity contribution in [1.29, 1.82) is 0 Å². The van der Waals surface area contributed by atoms with E-state index in [9.17, 15) is 38.3 Å². The molecule has 0 unspecified atom stereocenters. The van der Waals surface area contributed by atoms with Crippen molar-refractivity contribution in [3.8, 4) is 5.75 Å². The Bertz CT molecular complexity index is 4070. The van der Waals surface area contributed by atoms with E-state index in [1.165, 1.54) is 6.07 Å². The number of nitrogens with zero attached hydrogens (tertiary/aromatic N) is 4. The van der Waals surface area contributed by atoms with Gasteiger partial charge in [-0.25, -0.2) is 19.1 Å². The predicted molar refractivity (Wildman–Crippen MR) is 309 cm³/mol. The van der Waals surface area contributed by atoms with E-state index >= 15 is 0 Å². The molecule has 6 N–H and O–H groups in total. The Kier molecular flexibility index (Phi) is 15.9. The smallest absolute Gasteiger partial charge is 0.494 e. The number of methoxy groups -OCH3 is 2. The lowest BCUT2D eigenvalue weighted by Crippen LogP contribution is -2.28. The molecule has 80 heavy (non-hydrogen) atoms. The number of phosphoric acid groups is 2. The van der Waals surface area contributed by atoms with Gasteiger partial charge in [-0.05, 0) is 118 Å². The van der Waals surface area contributed by atoms with Crippen LogP contribution < -0.4 is 4.52 Å². The number of allylic oxidation sites excluding steroid dienone is 2. The molecule has 0 amide bonds. The van der Waals surface area contributed by atoms with Gasteiger partial charge in [0.25, 0.3) is 5.91 Å². The Hall–Kier alpha value is -8.18. The van der Waals surface area contributed by atoms with E-state index in [0.29, 0.717) is 62.4 Å². The predicted octanol–water partition coefficient (Wildman–Crippen LogP) is 12.0. The summed E-state index contributed by atoms with van der Waals surface area (Å²) in [7, 11) is -6.38. The fourth-order valence-electron chi connectivity index (χ4n) is 10.3. The fourth-order valence-corrected chi connectivity index (χ4v) is 11.0. The number of nitrogens with one attached hydrogen (secondary N) is 2. The molecule has 0 spiro atoms. The molecule has 6 heterocycles. The quantitative estimate of drug-likeness (QED) is 0.0524. The molecular formula is C60H60N6O12P2. The number of benzene rings is 4. The van der Waals surface area contributed by atoms with E-state index in [-0.39, 0.29) is 29.5 Å². The van der Waals surface area contributed by atoms with Gasteiger partial charge in [0.1, 0.15) is 28.7 Å². The molecule has 4 aromatic carbocycles. The van der Waals surface area contributed by atoms with Gasteiger partial charge in [-0.3, -0.25) is 33.0 Å². The zero-order valence-electron chi connectivity index (χ0n) is 45.4. The molecule has 412 valence electrons. The Morgan fingerprint density at radius 2 is 1.12 bits per heavy atom. The normalized spacial score (nSPS) is 14.8. The van der Waals surface area contributed by atoms with E-state index in [2.05, 4.69) is 16.0 Å². The number of hydrogen-bond donors (Lipinski definition) is 6. The van der Waals surface area contributed by atoms with Gasteiger partial charge in [0.05, 0.1) is 54.7 Å². The molecule has 10 rings (SSSR count). The summed E-state index contributed by atoms with van der Waals surface area (Å²) in [6.45, 7) is 13.1. The van der Waals surface area contributed by atoms with Crippen LogP contribution in [0.25, 0.3) is 34.0 Å². The van der Waals surface area contributed by atoms with Crippen molar-refractivity contribution in [2.75, 3.05) is 14.2 Å². The van der Waals surface area contributed by atoms with E-state index in [1.54, 1.807) is 59.8 Å². The summed E-state index contributed by atoms with van der Waals surface area (Å²) in [5.74, 6) is 0.613. The number of aromatic nitrogens is 4. The van der Waals surface area contributed by atoms with Crippen LogP contribution in [0.1, 0.15) is 97.4 Å². The average molecular weight is 1120 g/mol. The summed E-state index contributed by atoms with van der Waals surface area (Å²) < 4.78 is 47.3. The molecule has 0 atom stereocenters. The van der Waals surface area contributed by atoms with Crippen LogP contribution >= 0.6 is 15.6 Å². The van der Waals surface area contributed by atoms with E-state index in [0.717, 1.165) is 55.8 Å². The largest absolute Gasteiger partial charge is 0.524 e. The number of carbonyl (C=O) groups is 2. The molecule has 0 saturated carbocycles. The summed E-state index contributed by atoms with van der Waals surface area (Å²) in [5, 5.41) is 1.71. The minimum Gasteiger partial charge on any atom is -0.494 e.